The molecule has 0 aliphatic rings. The van der Waals surface area contributed by atoms with Crippen molar-refractivity contribution in [2.75, 3.05) is 17.1 Å². The van der Waals surface area contributed by atoms with Gasteiger partial charge in [0.15, 0.2) is 0 Å². The summed E-state index contributed by atoms with van der Waals surface area (Å²) in [7, 11) is -3.47. The molecule has 0 bridgehead atoms. The third-order valence-corrected chi connectivity index (χ3v) is 6.55. The second kappa shape index (κ2) is 10.2. The van der Waals surface area contributed by atoms with Gasteiger partial charge in [-0.05, 0) is 67.3 Å². The van der Waals surface area contributed by atoms with Gasteiger partial charge in [-0.15, -0.1) is 0 Å². The van der Waals surface area contributed by atoms with Crippen LogP contribution < -0.4 is 9.62 Å². The monoisotopic (exact) mass is 470 g/mol. The van der Waals surface area contributed by atoms with E-state index in [9.17, 15) is 13.2 Å². The minimum Gasteiger partial charge on any atom is -0.352 e. The number of anilines is 1. The van der Waals surface area contributed by atoms with Crippen LogP contribution in [0, 0.1) is 13.8 Å². The molecule has 0 unspecified atom stereocenters. The van der Waals surface area contributed by atoms with Crippen molar-refractivity contribution in [2.45, 2.75) is 26.8 Å². The molecule has 0 aliphatic carbocycles. The first kappa shape index (κ1) is 23.8. The van der Waals surface area contributed by atoms with E-state index in [1.54, 1.807) is 24.3 Å². The lowest BCUT2D eigenvalue weighted by Crippen LogP contribution is -2.30. The summed E-state index contributed by atoms with van der Waals surface area (Å²) in [5.74, 6) is -0.167. The maximum Gasteiger partial charge on any atom is 0.251 e. The average molecular weight is 471 g/mol. The van der Waals surface area contributed by atoms with Gasteiger partial charge in [0.05, 0.1) is 18.5 Å². The molecular formula is C25H27ClN2O3S. The average Bonchev–Trinajstić information content (AvgIpc) is 2.73. The standard InChI is InChI=1S/C25H27ClN2O3S/c1-18-4-13-24(19(2)16-18)28(32(3,30)31)17-21-5-9-22(10-6-21)25(29)27-15-14-20-7-11-23(26)12-8-20/h4-13,16H,14-15,17H2,1-3H3,(H,27,29). The Kier molecular flexibility index (Phi) is 7.59. The minimum atomic E-state index is -3.47. The second-order valence-electron chi connectivity index (χ2n) is 7.89. The number of hydrogen-bond acceptors (Lipinski definition) is 3. The van der Waals surface area contributed by atoms with Gasteiger partial charge in [-0.25, -0.2) is 8.42 Å². The van der Waals surface area contributed by atoms with Crippen molar-refractivity contribution in [3.05, 3.63) is 99.6 Å². The Morgan fingerprint density at radius 1 is 0.938 bits per heavy atom. The fourth-order valence-electron chi connectivity index (χ4n) is 3.47. The van der Waals surface area contributed by atoms with Gasteiger partial charge >= 0.3 is 0 Å². The molecule has 0 saturated carbocycles. The number of amides is 1. The number of aryl methyl sites for hydroxylation is 2. The molecule has 7 heteroatoms. The van der Waals surface area contributed by atoms with Gasteiger partial charge in [0.1, 0.15) is 0 Å². The third-order valence-electron chi connectivity index (χ3n) is 5.18. The predicted molar refractivity (Wildman–Crippen MR) is 131 cm³/mol. The molecule has 0 heterocycles. The molecular weight excluding hydrogens is 444 g/mol. The molecule has 168 valence electrons. The maximum atomic E-state index is 12.5. The molecule has 1 N–H and O–H groups in total. The Morgan fingerprint density at radius 2 is 1.56 bits per heavy atom. The number of hydrogen-bond donors (Lipinski definition) is 1. The Bertz CT molecular complexity index is 1190. The Morgan fingerprint density at radius 3 is 2.16 bits per heavy atom. The predicted octanol–water partition coefficient (Wildman–Crippen LogP) is 4.90. The summed E-state index contributed by atoms with van der Waals surface area (Å²) in [5.41, 5.74) is 5.05. The number of carbonyl (C=O) groups excluding carboxylic acids is 1. The van der Waals surface area contributed by atoms with E-state index < -0.39 is 10.0 Å². The zero-order valence-corrected chi connectivity index (χ0v) is 20.0. The number of halogens is 1. The van der Waals surface area contributed by atoms with Gasteiger partial charge < -0.3 is 5.32 Å². The van der Waals surface area contributed by atoms with E-state index in [1.165, 1.54) is 10.6 Å². The van der Waals surface area contributed by atoms with Crippen molar-refractivity contribution in [3.63, 3.8) is 0 Å². The molecule has 0 spiro atoms. The van der Waals surface area contributed by atoms with Crippen LogP contribution in [0.1, 0.15) is 32.6 Å². The number of nitrogens with zero attached hydrogens (tertiary/aromatic N) is 1. The zero-order chi connectivity index (χ0) is 23.3. The third kappa shape index (κ3) is 6.34. The first-order valence-electron chi connectivity index (χ1n) is 10.3. The van der Waals surface area contributed by atoms with Crippen LogP contribution in [0.25, 0.3) is 0 Å². The quantitative estimate of drug-likeness (QED) is 0.509. The van der Waals surface area contributed by atoms with Gasteiger partial charge in [-0.2, -0.15) is 0 Å². The summed E-state index contributed by atoms with van der Waals surface area (Å²) in [4.78, 5) is 12.4. The molecule has 5 nitrogen and oxygen atoms in total. The Labute approximate surface area is 195 Å². The summed E-state index contributed by atoms with van der Waals surface area (Å²) in [6.07, 6.45) is 1.91. The van der Waals surface area contributed by atoms with Crippen molar-refractivity contribution in [3.8, 4) is 0 Å². The van der Waals surface area contributed by atoms with Crippen LogP contribution in [0.2, 0.25) is 5.02 Å². The van der Waals surface area contributed by atoms with E-state index in [4.69, 9.17) is 11.6 Å². The zero-order valence-electron chi connectivity index (χ0n) is 18.4. The van der Waals surface area contributed by atoms with Crippen molar-refractivity contribution in [1.82, 2.24) is 5.32 Å². The van der Waals surface area contributed by atoms with Gasteiger partial charge in [0.2, 0.25) is 10.0 Å². The fourth-order valence-corrected chi connectivity index (χ4v) is 4.54. The SMILES string of the molecule is Cc1ccc(N(Cc2ccc(C(=O)NCCc3ccc(Cl)cc3)cc2)S(C)(=O)=O)c(C)c1. The number of benzene rings is 3. The highest BCUT2D eigenvalue weighted by Gasteiger charge is 2.20. The van der Waals surface area contributed by atoms with E-state index >= 15 is 0 Å². The Balaban J connectivity index is 1.65. The summed E-state index contributed by atoms with van der Waals surface area (Å²) in [5, 5.41) is 3.59. The van der Waals surface area contributed by atoms with Gasteiger partial charge in [0.25, 0.3) is 5.91 Å². The lowest BCUT2D eigenvalue weighted by molar-refractivity contribution is 0.0954. The molecule has 3 aromatic rings. The van der Waals surface area contributed by atoms with Crippen molar-refractivity contribution in [1.29, 1.82) is 0 Å². The van der Waals surface area contributed by atoms with Gasteiger partial charge in [0, 0.05) is 17.1 Å². The van der Waals surface area contributed by atoms with E-state index in [2.05, 4.69) is 5.32 Å². The molecule has 3 aromatic carbocycles. The molecule has 0 aromatic heterocycles. The van der Waals surface area contributed by atoms with Gasteiger partial charge in [-0.3, -0.25) is 9.10 Å². The minimum absolute atomic E-state index is 0.167. The Hall–Kier alpha value is -2.83. The number of sulfonamides is 1. The molecule has 0 radical (unpaired) electrons. The highest BCUT2D eigenvalue weighted by molar-refractivity contribution is 7.92. The molecule has 3 rings (SSSR count). The van der Waals surface area contributed by atoms with E-state index in [1.807, 2.05) is 56.3 Å². The summed E-state index contributed by atoms with van der Waals surface area (Å²) < 4.78 is 26.3. The summed E-state index contributed by atoms with van der Waals surface area (Å²) >= 11 is 5.89. The van der Waals surface area contributed by atoms with Crippen molar-refractivity contribution < 1.29 is 13.2 Å². The summed E-state index contributed by atoms with van der Waals surface area (Å²) in [6.45, 7) is 4.58. The first-order valence-corrected chi connectivity index (χ1v) is 12.5. The van der Waals surface area contributed by atoms with E-state index in [-0.39, 0.29) is 12.5 Å². The van der Waals surface area contributed by atoms with Crippen LogP contribution in [-0.2, 0) is 23.0 Å². The number of nitrogens with one attached hydrogen (secondary N) is 1. The second-order valence-corrected chi connectivity index (χ2v) is 10.2. The molecule has 0 fully saturated rings. The molecule has 0 atom stereocenters. The van der Waals surface area contributed by atoms with Crippen LogP contribution in [0.4, 0.5) is 5.69 Å². The maximum absolute atomic E-state index is 12.5. The fraction of sp³-hybridized carbons (Fsp3) is 0.240. The smallest absolute Gasteiger partial charge is 0.251 e. The number of carbonyl (C=O) groups is 1. The summed E-state index contributed by atoms with van der Waals surface area (Å²) in [6, 6.07) is 20.2. The van der Waals surface area contributed by atoms with Crippen LogP contribution in [-0.4, -0.2) is 27.1 Å². The van der Waals surface area contributed by atoms with Crippen LogP contribution in [0.5, 0.6) is 0 Å². The largest absolute Gasteiger partial charge is 0.352 e. The van der Waals surface area contributed by atoms with E-state index in [0.29, 0.717) is 29.2 Å². The van der Waals surface area contributed by atoms with Crippen LogP contribution in [0.15, 0.2) is 66.7 Å². The normalized spacial score (nSPS) is 11.2. The molecule has 32 heavy (non-hydrogen) atoms. The highest BCUT2D eigenvalue weighted by atomic mass is 35.5. The van der Waals surface area contributed by atoms with Crippen molar-refractivity contribution in [2.24, 2.45) is 0 Å². The number of rotatable bonds is 8. The van der Waals surface area contributed by atoms with Crippen LogP contribution >= 0.6 is 11.6 Å². The lowest BCUT2D eigenvalue weighted by atomic mass is 10.1. The van der Waals surface area contributed by atoms with E-state index in [0.717, 1.165) is 22.3 Å². The molecule has 1 amide bonds. The highest BCUT2D eigenvalue weighted by Crippen LogP contribution is 2.25. The van der Waals surface area contributed by atoms with Gasteiger partial charge in [-0.1, -0.05) is 53.6 Å². The van der Waals surface area contributed by atoms with Crippen LogP contribution in [0.3, 0.4) is 0 Å². The molecule has 0 aliphatic heterocycles. The topological polar surface area (TPSA) is 66.5 Å². The van der Waals surface area contributed by atoms with Crippen molar-refractivity contribution >= 4 is 33.2 Å². The first-order chi connectivity index (χ1) is 15.1. The molecule has 0 saturated heterocycles. The lowest BCUT2D eigenvalue weighted by Gasteiger charge is -2.24.